The summed E-state index contributed by atoms with van der Waals surface area (Å²) < 4.78 is 0. The van der Waals surface area contributed by atoms with E-state index in [0.717, 1.165) is 18.8 Å². The minimum atomic E-state index is 0.0444. The lowest BCUT2D eigenvalue weighted by Gasteiger charge is -2.20. The fraction of sp³-hybridized carbons (Fsp3) is 0.533. The van der Waals surface area contributed by atoms with Gasteiger partial charge in [-0.3, -0.25) is 4.79 Å². The molecule has 1 aromatic carbocycles. The molecule has 0 bridgehead atoms. The highest BCUT2D eigenvalue weighted by atomic mass is 16.1. The van der Waals surface area contributed by atoms with Crippen LogP contribution in [0.4, 0.5) is 0 Å². The predicted molar refractivity (Wildman–Crippen MR) is 71.7 cm³/mol. The molecule has 94 valence electrons. The third kappa shape index (κ3) is 5.03. The van der Waals surface area contributed by atoms with Crippen LogP contribution in [0.1, 0.15) is 51.6 Å². The van der Waals surface area contributed by atoms with Gasteiger partial charge in [0.2, 0.25) is 5.91 Å². The van der Waals surface area contributed by atoms with E-state index in [1.807, 2.05) is 18.2 Å². The first-order valence-corrected chi connectivity index (χ1v) is 6.45. The molecule has 2 atom stereocenters. The minimum Gasteiger partial charge on any atom is -0.350 e. The van der Waals surface area contributed by atoms with Crippen molar-refractivity contribution in [2.75, 3.05) is 0 Å². The normalized spacial score (nSPS) is 14.1. The number of amides is 1. The zero-order valence-electron chi connectivity index (χ0n) is 11.1. The van der Waals surface area contributed by atoms with Crippen molar-refractivity contribution in [3.05, 3.63) is 35.9 Å². The Morgan fingerprint density at radius 1 is 1.24 bits per heavy atom. The lowest BCUT2D eigenvalue weighted by Crippen LogP contribution is -2.26. The zero-order valence-corrected chi connectivity index (χ0v) is 11.1. The molecule has 0 saturated carbocycles. The van der Waals surface area contributed by atoms with Gasteiger partial charge >= 0.3 is 0 Å². The second-order valence-electron chi connectivity index (χ2n) is 4.75. The van der Waals surface area contributed by atoms with E-state index in [9.17, 15) is 4.79 Å². The van der Waals surface area contributed by atoms with Gasteiger partial charge in [-0.15, -0.1) is 0 Å². The molecule has 0 aliphatic carbocycles. The third-order valence-corrected chi connectivity index (χ3v) is 3.22. The fourth-order valence-electron chi connectivity index (χ4n) is 1.91. The highest BCUT2D eigenvalue weighted by Crippen LogP contribution is 2.22. The van der Waals surface area contributed by atoms with Gasteiger partial charge in [-0.1, -0.05) is 50.6 Å². The maximum absolute atomic E-state index is 11.2. The Balaban J connectivity index is 2.64. The summed E-state index contributed by atoms with van der Waals surface area (Å²) in [6, 6.07) is 10.4. The number of benzene rings is 1. The summed E-state index contributed by atoms with van der Waals surface area (Å²) in [6.07, 6.45) is 3.36. The highest BCUT2D eigenvalue weighted by molar-refractivity contribution is 5.73. The molecular weight excluding hydrogens is 210 g/mol. The van der Waals surface area contributed by atoms with Crippen molar-refractivity contribution < 1.29 is 4.79 Å². The van der Waals surface area contributed by atoms with E-state index in [2.05, 4.69) is 31.3 Å². The SMILES string of the molecule is CCC(C)CC[C@H](NC(C)=O)c1ccccc1. The lowest BCUT2D eigenvalue weighted by atomic mass is 9.95. The van der Waals surface area contributed by atoms with Gasteiger partial charge in [0.1, 0.15) is 0 Å². The average molecular weight is 233 g/mol. The van der Waals surface area contributed by atoms with E-state index in [1.165, 1.54) is 12.0 Å². The summed E-state index contributed by atoms with van der Waals surface area (Å²) in [7, 11) is 0. The van der Waals surface area contributed by atoms with Crippen LogP contribution in [0, 0.1) is 5.92 Å². The van der Waals surface area contributed by atoms with Gasteiger partial charge in [-0.05, 0) is 24.3 Å². The molecule has 2 heteroatoms. The van der Waals surface area contributed by atoms with E-state index in [1.54, 1.807) is 6.92 Å². The molecule has 1 unspecified atom stereocenters. The van der Waals surface area contributed by atoms with Crippen LogP contribution >= 0.6 is 0 Å². The van der Waals surface area contributed by atoms with Gasteiger partial charge < -0.3 is 5.32 Å². The Bertz CT molecular complexity index is 334. The number of hydrogen-bond acceptors (Lipinski definition) is 1. The molecule has 0 fully saturated rings. The summed E-state index contributed by atoms with van der Waals surface area (Å²) >= 11 is 0. The van der Waals surface area contributed by atoms with E-state index in [-0.39, 0.29) is 11.9 Å². The predicted octanol–water partition coefficient (Wildman–Crippen LogP) is 3.69. The van der Waals surface area contributed by atoms with Gasteiger partial charge in [-0.2, -0.15) is 0 Å². The van der Waals surface area contributed by atoms with E-state index < -0.39 is 0 Å². The molecule has 0 aliphatic heterocycles. The second kappa shape index (κ2) is 7.10. The van der Waals surface area contributed by atoms with E-state index >= 15 is 0 Å². The number of rotatable bonds is 6. The Morgan fingerprint density at radius 3 is 2.41 bits per heavy atom. The first-order valence-electron chi connectivity index (χ1n) is 6.45. The van der Waals surface area contributed by atoms with Crippen molar-refractivity contribution in [2.24, 2.45) is 5.92 Å². The van der Waals surface area contributed by atoms with Crippen molar-refractivity contribution in [1.82, 2.24) is 5.32 Å². The summed E-state index contributed by atoms with van der Waals surface area (Å²) in [5.41, 5.74) is 1.20. The van der Waals surface area contributed by atoms with Crippen LogP contribution in [-0.2, 0) is 4.79 Å². The van der Waals surface area contributed by atoms with Gasteiger partial charge in [-0.25, -0.2) is 0 Å². The minimum absolute atomic E-state index is 0.0444. The highest BCUT2D eigenvalue weighted by Gasteiger charge is 2.13. The maximum atomic E-state index is 11.2. The molecule has 1 N–H and O–H groups in total. The largest absolute Gasteiger partial charge is 0.350 e. The molecule has 0 spiro atoms. The van der Waals surface area contributed by atoms with Gasteiger partial charge in [0.15, 0.2) is 0 Å². The summed E-state index contributed by atoms with van der Waals surface area (Å²) in [4.78, 5) is 11.2. The molecule has 17 heavy (non-hydrogen) atoms. The summed E-state index contributed by atoms with van der Waals surface area (Å²) in [6.45, 7) is 6.05. The van der Waals surface area contributed by atoms with Crippen molar-refractivity contribution in [3.8, 4) is 0 Å². The van der Waals surface area contributed by atoms with Gasteiger partial charge in [0, 0.05) is 6.92 Å². The zero-order chi connectivity index (χ0) is 12.7. The maximum Gasteiger partial charge on any atom is 0.217 e. The Labute approximate surface area is 104 Å². The fourth-order valence-corrected chi connectivity index (χ4v) is 1.91. The third-order valence-electron chi connectivity index (χ3n) is 3.22. The first-order chi connectivity index (χ1) is 8.13. The molecule has 2 nitrogen and oxygen atoms in total. The number of hydrogen-bond donors (Lipinski definition) is 1. The van der Waals surface area contributed by atoms with Crippen molar-refractivity contribution in [3.63, 3.8) is 0 Å². The topological polar surface area (TPSA) is 29.1 Å². The number of carbonyl (C=O) groups excluding carboxylic acids is 1. The van der Waals surface area contributed by atoms with Gasteiger partial charge in [0.25, 0.3) is 0 Å². The number of carbonyl (C=O) groups is 1. The molecule has 0 aromatic heterocycles. The Kier molecular flexibility index (Phi) is 5.75. The van der Waals surface area contributed by atoms with Crippen LogP contribution < -0.4 is 5.32 Å². The second-order valence-corrected chi connectivity index (χ2v) is 4.75. The van der Waals surface area contributed by atoms with Crippen LogP contribution in [0.25, 0.3) is 0 Å². The molecule has 0 heterocycles. The molecule has 0 aliphatic rings. The van der Waals surface area contributed by atoms with Crippen LogP contribution in [-0.4, -0.2) is 5.91 Å². The first kappa shape index (κ1) is 13.8. The van der Waals surface area contributed by atoms with Crippen LogP contribution in [0.5, 0.6) is 0 Å². The monoisotopic (exact) mass is 233 g/mol. The van der Waals surface area contributed by atoms with Crippen molar-refractivity contribution in [2.45, 2.75) is 46.1 Å². The van der Waals surface area contributed by atoms with E-state index in [4.69, 9.17) is 0 Å². The summed E-state index contributed by atoms with van der Waals surface area (Å²) in [5.74, 6) is 0.762. The molecule has 0 radical (unpaired) electrons. The lowest BCUT2D eigenvalue weighted by molar-refractivity contribution is -0.119. The van der Waals surface area contributed by atoms with Crippen LogP contribution in [0.2, 0.25) is 0 Å². The van der Waals surface area contributed by atoms with Crippen molar-refractivity contribution >= 4 is 5.91 Å². The average Bonchev–Trinajstić information content (AvgIpc) is 2.34. The Morgan fingerprint density at radius 2 is 1.88 bits per heavy atom. The number of nitrogens with one attached hydrogen (secondary N) is 1. The van der Waals surface area contributed by atoms with Gasteiger partial charge in [0.05, 0.1) is 6.04 Å². The quantitative estimate of drug-likeness (QED) is 0.797. The molecule has 1 aromatic rings. The van der Waals surface area contributed by atoms with Crippen LogP contribution in [0.3, 0.4) is 0 Å². The standard InChI is InChI=1S/C15H23NO/c1-4-12(2)10-11-15(16-13(3)17)14-8-6-5-7-9-14/h5-9,12,15H,4,10-11H2,1-3H3,(H,16,17)/t12?,15-/m0/s1. The molecule has 0 saturated heterocycles. The summed E-state index contributed by atoms with van der Waals surface area (Å²) in [5, 5.41) is 3.04. The Hall–Kier alpha value is -1.31. The van der Waals surface area contributed by atoms with Crippen molar-refractivity contribution in [1.29, 1.82) is 0 Å². The molecular formula is C15H23NO. The van der Waals surface area contributed by atoms with E-state index in [0.29, 0.717) is 0 Å². The molecule has 1 amide bonds. The smallest absolute Gasteiger partial charge is 0.217 e. The molecule has 1 rings (SSSR count). The van der Waals surface area contributed by atoms with Crippen LogP contribution in [0.15, 0.2) is 30.3 Å².